The molecule has 0 atom stereocenters. The summed E-state index contributed by atoms with van der Waals surface area (Å²) in [6.45, 7) is 0. The maximum atomic E-state index is 11.8. The van der Waals surface area contributed by atoms with Gasteiger partial charge in [-0.05, 0) is 28.1 Å². The molecule has 0 fully saturated rings. The third-order valence-electron chi connectivity index (χ3n) is 2.70. The summed E-state index contributed by atoms with van der Waals surface area (Å²) in [5.74, 6) is 0.319. The van der Waals surface area contributed by atoms with Crippen molar-refractivity contribution in [2.45, 2.75) is 5.03 Å². The summed E-state index contributed by atoms with van der Waals surface area (Å²) in [7, 11) is -3.42. The number of aromatic nitrogens is 4. The summed E-state index contributed by atoms with van der Waals surface area (Å²) in [4.78, 5) is 8.28. The molecule has 102 valence electrons. The quantitative estimate of drug-likeness (QED) is 0.704. The number of halogens is 1. The number of para-hydroxylation sites is 1. The van der Waals surface area contributed by atoms with Crippen LogP contribution in [0, 0.1) is 0 Å². The number of fused-ring (bicyclic) bond motifs is 1. The van der Waals surface area contributed by atoms with Gasteiger partial charge >= 0.3 is 0 Å². The van der Waals surface area contributed by atoms with E-state index in [1.165, 1.54) is 4.68 Å². The summed E-state index contributed by atoms with van der Waals surface area (Å²) in [5.41, 5.74) is 0.648. The van der Waals surface area contributed by atoms with E-state index in [2.05, 4.69) is 31.0 Å². The van der Waals surface area contributed by atoms with Gasteiger partial charge in [0.05, 0.1) is 9.99 Å². The van der Waals surface area contributed by atoms with Crippen LogP contribution in [0.25, 0.3) is 16.9 Å². The number of hydrogen-bond acceptors (Lipinski definition) is 5. The Hall–Kier alpha value is -1.80. The minimum atomic E-state index is -3.42. The monoisotopic (exact) mass is 352 g/mol. The minimum Gasteiger partial charge on any atom is -0.222 e. The first-order valence-electron chi connectivity index (χ1n) is 5.62. The van der Waals surface area contributed by atoms with E-state index in [0.29, 0.717) is 16.9 Å². The van der Waals surface area contributed by atoms with Crippen molar-refractivity contribution in [3.63, 3.8) is 0 Å². The molecule has 0 saturated heterocycles. The fraction of sp³-hybridized carbons (Fsp3) is 0.0833. The lowest BCUT2D eigenvalue weighted by Gasteiger charge is -2.00. The zero-order valence-electron chi connectivity index (χ0n) is 10.4. The molecule has 0 N–H and O–H groups in total. The van der Waals surface area contributed by atoms with Gasteiger partial charge in [-0.1, -0.05) is 12.1 Å². The van der Waals surface area contributed by atoms with Crippen LogP contribution in [-0.4, -0.2) is 34.4 Å². The van der Waals surface area contributed by atoms with Gasteiger partial charge in [0.25, 0.3) is 5.95 Å². The molecular formula is C12H9BrN4O2S. The van der Waals surface area contributed by atoms with Crippen LogP contribution in [0.1, 0.15) is 0 Å². The van der Waals surface area contributed by atoms with Crippen LogP contribution < -0.4 is 0 Å². The van der Waals surface area contributed by atoms with Gasteiger partial charge in [0.15, 0.2) is 14.9 Å². The largest absolute Gasteiger partial charge is 0.251 e. The average Bonchev–Trinajstić information content (AvgIpc) is 2.79. The number of nitrogens with zero attached hydrogens (tertiary/aromatic N) is 4. The third-order valence-corrected chi connectivity index (χ3v) is 4.11. The van der Waals surface area contributed by atoms with Gasteiger partial charge in [-0.15, -0.1) is 0 Å². The lowest BCUT2D eigenvalue weighted by atomic mass is 10.2. The second-order valence-corrected chi connectivity index (χ2v) is 7.05. The molecule has 0 bridgehead atoms. The van der Waals surface area contributed by atoms with E-state index >= 15 is 0 Å². The zero-order chi connectivity index (χ0) is 14.3. The smallest absolute Gasteiger partial charge is 0.222 e. The molecule has 0 aliphatic rings. The maximum Gasteiger partial charge on any atom is 0.251 e. The molecule has 3 rings (SSSR count). The molecule has 2 aromatic heterocycles. The van der Waals surface area contributed by atoms with Crippen molar-refractivity contribution in [2.24, 2.45) is 0 Å². The van der Waals surface area contributed by atoms with Crippen molar-refractivity contribution in [1.82, 2.24) is 19.7 Å². The number of sulfone groups is 1. The molecule has 0 unspecified atom stereocenters. The van der Waals surface area contributed by atoms with Crippen LogP contribution in [0.2, 0.25) is 0 Å². The molecule has 0 amide bonds. The molecule has 0 aliphatic carbocycles. The first-order valence-corrected chi connectivity index (χ1v) is 8.31. The Morgan fingerprint density at radius 3 is 2.45 bits per heavy atom. The van der Waals surface area contributed by atoms with Crippen LogP contribution in [0.5, 0.6) is 0 Å². The average molecular weight is 353 g/mol. The van der Waals surface area contributed by atoms with Gasteiger partial charge in [0.2, 0.25) is 0 Å². The maximum absolute atomic E-state index is 11.8. The summed E-state index contributed by atoms with van der Waals surface area (Å²) in [5, 5.41) is 4.73. The van der Waals surface area contributed by atoms with Gasteiger partial charge in [0.1, 0.15) is 0 Å². The molecule has 2 heterocycles. The molecular weight excluding hydrogens is 344 g/mol. The third kappa shape index (κ3) is 2.20. The Morgan fingerprint density at radius 2 is 1.80 bits per heavy atom. The number of hydrogen-bond donors (Lipinski definition) is 0. The van der Waals surface area contributed by atoms with Crippen molar-refractivity contribution < 1.29 is 8.42 Å². The van der Waals surface area contributed by atoms with E-state index in [9.17, 15) is 8.42 Å². The highest BCUT2D eigenvalue weighted by Gasteiger charge is 2.20. The van der Waals surface area contributed by atoms with E-state index < -0.39 is 9.84 Å². The van der Waals surface area contributed by atoms with Gasteiger partial charge in [0, 0.05) is 24.0 Å². The molecule has 3 aromatic rings. The lowest BCUT2D eigenvalue weighted by Crippen LogP contribution is -2.04. The van der Waals surface area contributed by atoms with E-state index in [1.807, 2.05) is 6.07 Å². The van der Waals surface area contributed by atoms with Crippen LogP contribution in [0.3, 0.4) is 0 Å². The Balaban J connectivity index is 2.35. The van der Waals surface area contributed by atoms with Crippen molar-refractivity contribution in [1.29, 1.82) is 0 Å². The van der Waals surface area contributed by atoms with Crippen molar-refractivity contribution >= 4 is 36.7 Å². The zero-order valence-corrected chi connectivity index (χ0v) is 12.8. The number of rotatable bonds is 2. The molecule has 0 aliphatic heterocycles. The summed E-state index contributed by atoms with van der Waals surface area (Å²) < 4.78 is 25.8. The second kappa shape index (κ2) is 4.64. The van der Waals surface area contributed by atoms with Crippen molar-refractivity contribution in [3.05, 3.63) is 41.1 Å². The molecule has 0 spiro atoms. The number of benzene rings is 1. The standard InChI is InChI=1S/C12H9BrN4O2S/c1-20(18,19)11-9-4-2-3-5-10(9)17(16-11)12-14-6-8(13)7-15-12/h2-7H,1H3. The highest BCUT2D eigenvalue weighted by Crippen LogP contribution is 2.24. The van der Waals surface area contributed by atoms with Crippen molar-refractivity contribution in [3.8, 4) is 5.95 Å². The normalized spacial score (nSPS) is 11.9. The van der Waals surface area contributed by atoms with E-state index in [-0.39, 0.29) is 5.03 Å². The summed E-state index contributed by atoms with van der Waals surface area (Å²) >= 11 is 3.25. The fourth-order valence-electron chi connectivity index (χ4n) is 1.88. The molecule has 1 aromatic carbocycles. The van der Waals surface area contributed by atoms with E-state index in [0.717, 1.165) is 10.7 Å². The topological polar surface area (TPSA) is 77.7 Å². The molecule has 0 saturated carbocycles. The Labute approximate surface area is 123 Å². The van der Waals surface area contributed by atoms with Crippen LogP contribution in [0.15, 0.2) is 46.2 Å². The van der Waals surface area contributed by atoms with Crippen LogP contribution in [0.4, 0.5) is 0 Å². The van der Waals surface area contributed by atoms with Crippen LogP contribution in [-0.2, 0) is 9.84 Å². The summed E-state index contributed by atoms with van der Waals surface area (Å²) in [6.07, 6.45) is 4.30. The SMILES string of the molecule is CS(=O)(=O)c1nn(-c2ncc(Br)cn2)c2ccccc12. The Bertz CT molecular complexity index is 887. The summed E-state index contributed by atoms with van der Waals surface area (Å²) in [6, 6.07) is 7.08. The van der Waals surface area contributed by atoms with Gasteiger partial charge in [-0.25, -0.2) is 18.4 Å². The predicted octanol–water partition coefficient (Wildman–Crippen LogP) is 1.98. The Morgan fingerprint density at radius 1 is 1.15 bits per heavy atom. The van der Waals surface area contributed by atoms with Gasteiger partial charge in [-0.2, -0.15) is 9.78 Å². The first-order chi connectivity index (χ1) is 9.47. The predicted molar refractivity (Wildman–Crippen MR) is 77.5 cm³/mol. The first kappa shape index (κ1) is 13.2. The Kier molecular flexibility index (Phi) is 3.06. The van der Waals surface area contributed by atoms with E-state index in [1.54, 1.807) is 30.6 Å². The molecule has 0 radical (unpaired) electrons. The van der Waals surface area contributed by atoms with E-state index in [4.69, 9.17) is 0 Å². The van der Waals surface area contributed by atoms with Gasteiger partial charge in [-0.3, -0.25) is 0 Å². The molecule has 8 heteroatoms. The second-order valence-electron chi connectivity index (χ2n) is 4.21. The minimum absolute atomic E-state index is 0.0274. The molecule has 20 heavy (non-hydrogen) atoms. The lowest BCUT2D eigenvalue weighted by molar-refractivity contribution is 0.596. The fourth-order valence-corrected chi connectivity index (χ4v) is 2.89. The molecule has 6 nitrogen and oxygen atoms in total. The van der Waals surface area contributed by atoms with Gasteiger partial charge < -0.3 is 0 Å². The highest BCUT2D eigenvalue weighted by atomic mass is 79.9. The van der Waals surface area contributed by atoms with Crippen LogP contribution >= 0.6 is 15.9 Å². The highest BCUT2D eigenvalue weighted by molar-refractivity contribution is 9.10. The van der Waals surface area contributed by atoms with Crippen molar-refractivity contribution in [2.75, 3.05) is 6.26 Å².